The molecular formula is C23H21N2O4+. The Bertz CT molecular complexity index is 1240. The molecule has 29 heavy (non-hydrogen) atoms. The molecule has 0 aliphatic heterocycles. The highest BCUT2D eigenvalue weighted by molar-refractivity contribution is 6.07. The number of amides is 1. The minimum absolute atomic E-state index is 0.0519. The fourth-order valence-electron chi connectivity index (χ4n) is 3.33. The Morgan fingerprint density at radius 2 is 1.86 bits per heavy atom. The summed E-state index contributed by atoms with van der Waals surface area (Å²) in [5.74, 6) is 0.264. The predicted octanol–water partition coefficient (Wildman–Crippen LogP) is 4.28. The minimum Gasteiger partial charge on any atom is -0.495 e. The number of nitrogens with zero attached hydrogens (tertiary/aromatic N) is 1. The smallest absolute Gasteiger partial charge is 0.293 e. The summed E-state index contributed by atoms with van der Waals surface area (Å²) in [6.07, 6.45) is 3.43. The molecule has 2 aromatic heterocycles. The average molecular weight is 389 g/mol. The number of hydrogen-bond acceptors (Lipinski definition) is 4. The lowest BCUT2D eigenvalue weighted by Crippen LogP contribution is -2.44. The maximum Gasteiger partial charge on any atom is 0.293 e. The quantitative estimate of drug-likeness (QED) is 0.408. The van der Waals surface area contributed by atoms with Crippen molar-refractivity contribution >= 4 is 39.3 Å². The molecule has 0 aliphatic rings. The Labute approximate surface area is 167 Å². The van der Waals surface area contributed by atoms with E-state index >= 15 is 0 Å². The van der Waals surface area contributed by atoms with Gasteiger partial charge in [-0.2, -0.15) is 4.57 Å². The van der Waals surface area contributed by atoms with Crippen LogP contribution in [0.2, 0.25) is 0 Å². The first-order valence-electron chi connectivity index (χ1n) is 9.30. The third-order valence-electron chi connectivity index (χ3n) is 5.01. The molecule has 0 saturated carbocycles. The molecule has 146 valence electrons. The maximum atomic E-state index is 12.9. The molecule has 1 N–H and O–H groups in total. The van der Waals surface area contributed by atoms with Gasteiger partial charge in [0, 0.05) is 29.8 Å². The van der Waals surface area contributed by atoms with Crippen molar-refractivity contribution in [1.29, 1.82) is 0 Å². The van der Waals surface area contributed by atoms with Crippen molar-refractivity contribution in [3.63, 3.8) is 0 Å². The maximum absolute atomic E-state index is 12.9. The molecule has 0 bridgehead atoms. The molecule has 0 radical (unpaired) electrons. The molecule has 4 rings (SSSR count). The summed E-state index contributed by atoms with van der Waals surface area (Å²) < 4.78 is 13.1. The van der Waals surface area contributed by atoms with Crippen molar-refractivity contribution in [2.45, 2.75) is 19.9 Å². The molecule has 4 aromatic rings. The minimum atomic E-state index is -0.523. The van der Waals surface area contributed by atoms with E-state index in [1.807, 2.05) is 30.3 Å². The molecule has 1 amide bonds. The van der Waals surface area contributed by atoms with Gasteiger partial charge in [-0.25, -0.2) is 0 Å². The van der Waals surface area contributed by atoms with Crippen molar-refractivity contribution in [1.82, 2.24) is 0 Å². The van der Waals surface area contributed by atoms with Gasteiger partial charge in [0.15, 0.2) is 18.2 Å². The number of anilines is 1. The van der Waals surface area contributed by atoms with Crippen LogP contribution in [-0.2, 0) is 4.79 Å². The van der Waals surface area contributed by atoms with Gasteiger partial charge < -0.3 is 14.5 Å². The van der Waals surface area contributed by atoms with Gasteiger partial charge in [-0.3, -0.25) is 9.59 Å². The highest BCUT2D eigenvalue weighted by Crippen LogP contribution is 2.36. The van der Waals surface area contributed by atoms with Gasteiger partial charge in [0.05, 0.1) is 18.4 Å². The first kappa shape index (κ1) is 18.7. The lowest BCUT2D eigenvalue weighted by molar-refractivity contribution is -0.705. The van der Waals surface area contributed by atoms with Crippen molar-refractivity contribution in [3.8, 4) is 5.75 Å². The third kappa shape index (κ3) is 3.45. The Morgan fingerprint density at radius 3 is 2.62 bits per heavy atom. The Kier molecular flexibility index (Phi) is 4.76. The number of aromatic nitrogens is 1. The number of rotatable bonds is 5. The topological polar surface area (TPSA) is 72.4 Å². The monoisotopic (exact) mass is 389 g/mol. The highest BCUT2D eigenvalue weighted by Gasteiger charge is 2.24. The standard InChI is InChI=1S/C23H20N2O4/c1-14(25-10-6-7-16(13-25)15(2)26)23(27)24-19-12-21-18(11-22(19)28-3)17-8-4-5-9-20(17)29-21/h4-14H,1-3H3/p+1/t14-/m0/s1. The van der Waals surface area contributed by atoms with Gasteiger partial charge in [0.25, 0.3) is 5.91 Å². The SMILES string of the molecule is COc1cc2c(cc1NC(=O)[C@H](C)[n+]1cccc(C(C)=O)c1)oc1ccccc12. The van der Waals surface area contributed by atoms with Gasteiger partial charge in [0.2, 0.25) is 6.04 Å². The number of ketones is 1. The zero-order valence-corrected chi connectivity index (χ0v) is 16.4. The van der Waals surface area contributed by atoms with Crippen LogP contribution in [0.25, 0.3) is 21.9 Å². The lowest BCUT2D eigenvalue weighted by atomic mass is 10.1. The van der Waals surface area contributed by atoms with Gasteiger partial charge in [-0.05, 0) is 25.1 Å². The van der Waals surface area contributed by atoms with E-state index in [0.29, 0.717) is 22.6 Å². The average Bonchev–Trinajstić information content (AvgIpc) is 3.09. The molecule has 1 atom stereocenters. The van der Waals surface area contributed by atoms with Gasteiger partial charge in [0.1, 0.15) is 16.9 Å². The molecule has 6 nitrogen and oxygen atoms in total. The van der Waals surface area contributed by atoms with Crippen molar-refractivity contribution in [3.05, 3.63) is 66.5 Å². The largest absolute Gasteiger partial charge is 0.495 e. The summed E-state index contributed by atoms with van der Waals surface area (Å²) >= 11 is 0. The lowest BCUT2D eigenvalue weighted by Gasteiger charge is -2.12. The summed E-state index contributed by atoms with van der Waals surface area (Å²) in [6, 6.07) is 14.3. The van der Waals surface area contributed by atoms with Gasteiger partial charge in [-0.1, -0.05) is 18.2 Å². The van der Waals surface area contributed by atoms with Crippen LogP contribution in [0.5, 0.6) is 5.75 Å². The number of nitrogens with one attached hydrogen (secondary N) is 1. The Hall–Kier alpha value is -3.67. The van der Waals surface area contributed by atoms with E-state index < -0.39 is 6.04 Å². The molecule has 0 spiro atoms. The van der Waals surface area contributed by atoms with Crippen LogP contribution < -0.4 is 14.6 Å². The normalized spacial score (nSPS) is 12.1. The molecule has 2 heterocycles. The van der Waals surface area contributed by atoms with Crippen LogP contribution in [0, 0.1) is 0 Å². The number of Topliss-reactive ketones (excluding diaryl/α,β-unsaturated/α-hetero) is 1. The van der Waals surface area contributed by atoms with Crippen LogP contribution in [-0.4, -0.2) is 18.8 Å². The van der Waals surface area contributed by atoms with E-state index in [2.05, 4.69) is 5.32 Å². The first-order chi connectivity index (χ1) is 14.0. The van der Waals surface area contributed by atoms with Crippen molar-refractivity contribution in [2.24, 2.45) is 0 Å². The summed E-state index contributed by atoms with van der Waals surface area (Å²) in [5, 5.41) is 4.83. The fraction of sp³-hybridized carbons (Fsp3) is 0.174. The van der Waals surface area contributed by atoms with E-state index in [-0.39, 0.29) is 11.7 Å². The number of methoxy groups -OCH3 is 1. The van der Waals surface area contributed by atoms with Crippen LogP contribution in [0.15, 0.2) is 65.3 Å². The van der Waals surface area contributed by atoms with Crippen molar-refractivity contribution in [2.75, 3.05) is 12.4 Å². The second-order valence-corrected chi connectivity index (χ2v) is 6.91. The van der Waals surface area contributed by atoms with Crippen LogP contribution in [0.3, 0.4) is 0 Å². The van der Waals surface area contributed by atoms with Gasteiger partial charge >= 0.3 is 0 Å². The highest BCUT2D eigenvalue weighted by atomic mass is 16.5. The number of furan rings is 1. The molecule has 0 aliphatic carbocycles. The summed E-state index contributed by atoms with van der Waals surface area (Å²) in [7, 11) is 1.56. The zero-order chi connectivity index (χ0) is 20.5. The second-order valence-electron chi connectivity index (χ2n) is 6.91. The van der Waals surface area contributed by atoms with E-state index in [1.165, 1.54) is 6.92 Å². The van der Waals surface area contributed by atoms with E-state index in [4.69, 9.17) is 9.15 Å². The Balaban J connectivity index is 1.67. The summed E-state index contributed by atoms with van der Waals surface area (Å²) in [4.78, 5) is 24.5. The number of carbonyl (C=O) groups excluding carboxylic acids is 2. The number of para-hydroxylation sites is 1. The molecule has 0 fully saturated rings. The van der Waals surface area contributed by atoms with Crippen LogP contribution in [0.4, 0.5) is 5.69 Å². The summed E-state index contributed by atoms with van der Waals surface area (Å²) in [6.45, 7) is 3.27. The molecule has 6 heteroatoms. The summed E-state index contributed by atoms with van der Waals surface area (Å²) in [5.41, 5.74) is 2.52. The molecule has 0 saturated heterocycles. The number of ether oxygens (including phenoxy) is 1. The fourth-order valence-corrected chi connectivity index (χ4v) is 3.33. The second kappa shape index (κ2) is 7.39. The number of benzene rings is 2. The van der Waals surface area contributed by atoms with Crippen molar-refractivity contribution < 1.29 is 23.3 Å². The molecule has 2 aromatic carbocycles. The number of hydrogen-bond donors (Lipinski definition) is 1. The van der Waals surface area contributed by atoms with E-state index in [9.17, 15) is 9.59 Å². The van der Waals surface area contributed by atoms with E-state index in [0.717, 1.165) is 16.4 Å². The van der Waals surface area contributed by atoms with Gasteiger partial charge in [-0.15, -0.1) is 0 Å². The molecule has 0 unspecified atom stereocenters. The first-order valence-corrected chi connectivity index (χ1v) is 9.30. The number of pyridine rings is 1. The third-order valence-corrected chi connectivity index (χ3v) is 5.01. The van der Waals surface area contributed by atoms with Crippen LogP contribution in [0.1, 0.15) is 30.2 Å². The van der Waals surface area contributed by atoms with Crippen LogP contribution >= 0.6 is 0 Å². The Morgan fingerprint density at radius 1 is 1.07 bits per heavy atom. The number of fused-ring (bicyclic) bond motifs is 3. The van der Waals surface area contributed by atoms with E-state index in [1.54, 1.807) is 49.2 Å². The number of carbonyl (C=O) groups is 2. The molecular weight excluding hydrogens is 368 g/mol. The predicted molar refractivity (Wildman–Crippen MR) is 110 cm³/mol. The zero-order valence-electron chi connectivity index (χ0n) is 16.4.